The maximum absolute atomic E-state index is 12.0. The minimum atomic E-state index is -0.427. The lowest BCUT2D eigenvalue weighted by Gasteiger charge is -2.13. The zero-order valence-electron chi connectivity index (χ0n) is 13.7. The molecule has 0 spiro atoms. The van der Waals surface area contributed by atoms with Crippen LogP contribution in [0.5, 0.6) is 0 Å². The van der Waals surface area contributed by atoms with E-state index in [1.807, 2.05) is 13.8 Å². The number of benzene rings is 1. The van der Waals surface area contributed by atoms with E-state index in [0.29, 0.717) is 28.8 Å². The molecule has 2 rings (SSSR count). The Labute approximate surface area is 144 Å². The largest absolute Gasteiger partial charge is 0.344 e. The van der Waals surface area contributed by atoms with Crippen LogP contribution in [0.2, 0.25) is 5.02 Å². The number of hydrogen-bond donors (Lipinski definition) is 2. The van der Waals surface area contributed by atoms with Crippen molar-refractivity contribution in [3.05, 3.63) is 40.5 Å². The third kappa shape index (κ3) is 4.79. The molecule has 7 nitrogen and oxygen atoms in total. The van der Waals surface area contributed by atoms with Crippen LogP contribution in [0.3, 0.4) is 0 Å². The van der Waals surface area contributed by atoms with Gasteiger partial charge in [-0.25, -0.2) is 0 Å². The third-order valence-corrected chi connectivity index (χ3v) is 3.77. The van der Waals surface area contributed by atoms with Crippen molar-refractivity contribution in [1.82, 2.24) is 15.5 Å². The Morgan fingerprint density at radius 3 is 2.62 bits per heavy atom. The molecule has 0 fully saturated rings. The van der Waals surface area contributed by atoms with Crippen molar-refractivity contribution in [3.63, 3.8) is 0 Å². The summed E-state index contributed by atoms with van der Waals surface area (Å²) in [6.07, 6.45) is 0.262. The van der Waals surface area contributed by atoms with Crippen molar-refractivity contribution in [1.29, 1.82) is 0 Å². The van der Waals surface area contributed by atoms with Gasteiger partial charge in [0.15, 0.2) is 5.82 Å². The number of anilines is 1. The summed E-state index contributed by atoms with van der Waals surface area (Å²) in [5.74, 6) is -0.0295. The first-order chi connectivity index (χ1) is 11.4. The number of nitrogens with one attached hydrogen (secondary N) is 2. The Morgan fingerprint density at radius 1 is 1.29 bits per heavy atom. The maximum Gasteiger partial charge on any atom is 0.249 e. The Kier molecular flexibility index (Phi) is 5.92. The molecule has 128 valence electrons. The number of nitrogens with zero attached hydrogens (tertiary/aromatic N) is 2. The van der Waals surface area contributed by atoms with Gasteiger partial charge in [-0.1, -0.05) is 29.7 Å². The summed E-state index contributed by atoms with van der Waals surface area (Å²) in [6.45, 7) is 5.44. The first kappa shape index (κ1) is 17.9. The van der Waals surface area contributed by atoms with Gasteiger partial charge in [0.05, 0.1) is 0 Å². The number of rotatable bonds is 6. The Bertz CT molecular complexity index is 745. The van der Waals surface area contributed by atoms with E-state index in [9.17, 15) is 9.59 Å². The van der Waals surface area contributed by atoms with Gasteiger partial charge in [-0.05, 0) is 38.0 Å². The summed E-state index contributed by atoms with van der Waals surface area (Å²) in [7, 11) is 0. The summed E-state index contributed by atoms with van der Waals surface area (Å²) in [5, 5.41) is 9.60. The SMILES string of the molecule is CC[C@@H](NC(=O)CC(=O)Nc1ccc(C)c(Cl)c1)c1nc(C)no1. The van der Waals surface area contributed by atoms with E-state index in [1.54, 1.807) is 25.1 Å². The Hall–Kier alpha value is -2.41. The number of aromatic nitrogens is 2. The number of carbonyl (C=O) groups excluding carboxylic acids is 2. The van der Waals surface area contributed by atoms with E-state index >= 15 is 0 Å². The van der Waals surface area contributed by atoms with Crippen LogP contribution in [-0.2, 0) is 9.59 Å². The van der Waals surface area contributed by atoms with E-state index in [2.05, 4.69) is 20.8 Å². The first-order valence-corrected chi connectivity index (χ1v) is 7.92. The average Bonchev–Trinajstić information content (AvgIpc) is 2.94. The highest BCUT2D eigenvalue weighted by Crippen LogP contribution is 2.20. The predicted octanol–water partition coefficient (Wildman–Crippen LogP) is 2.94. The fourth-order valence-electron chi connectivity index (χ4n) is 2.06. The van der Waals surface area contributed by atoms with Gasteiger partial charge >= 0.3 is 0 Å². The van der Waals surface area contributed by atoms with Crippen LogP contribution in [0.4, 0.5) is 5.69 Å². The number of aryl methyl sites for hydroxylation is 2. The smallest absolute Gasteiger partial charge is 0.249 e. The third-order valence-electron chi connectivity index (χ3n) is 3.36. The van der Waals surface area contributed by atoms with Crippen LogP contribution in [-0.4, -0.2) is 22.0 Å². The normalized spacial score (nSPS) is 11.8. The highest BCUT2D eigenvalue weighted by atomic mass is 35.5. The number of halogens is 1. The lowest BCUT2D eigenvalue weighted by Crippen LogP contribution is -2.31. The van der Waals surface area contributed by atoms with Crippen LogP contribution in [0.25, 0.3) is 0 Å². The number of hydrogen-bond acceptors (Lipinski definition) is 5. The molecule has 1 heterocycles. The topological polar surface area (TPSA) is 97.1 Å². The van der Waals surface area contributed by atoms with Gasteiger partial charge in [0, 0.05) is 10.7 Å². The quantitative estimate of drug-likeness (QED) is 0.781. The number of carbonyl (C=O) groups is 2. The van der Waals surface area contributed by atoms with Crippen molar-refractivity contribution < 1.29 is 14.1 Å². The molecular weight excluding hydrogens is 332 g/mol. The second kappa shape index (κ2) is 7.92. The lowest BCUT2D eigenvalue weighted by molar-refractivity contribution is -0.127. The molecule has 8 heteroatoms. The van der Waals surface area contributed by atoms with Crippen molar-refractivity contribution in [2.75, 3.05) is 5.32 Å². The predicted molar refractivity (Wildman–Crippen MR) is 89.6 cm³/mol. The minimum Gasteiger partial charge on any atom is -0.344 e. The van der Waals surface area contributed by atoms with Gasteiger partial charge in [-0.15, -0.1) is 0 Å². The molecule has 2 amide bonds. The van der Waals surface area contributed by atoms with Crippen LogP contribution >= 0.6 is 11.6 Å². The molecule has 2 aromatic rings. The first-order valence-electron chi connectivity index (χ1n) is 7.54. The summed E-state index contributed by atoms with van der Waals surface area (Å²) >= 11 is 6.01. The fourth-order valence-corrected chi connectivity index (χ4v) is 2.24. The van der Waals surface area contributed by atoms with Crippen LogP contribution < -0.4 is 10.6 Å². The van der Waals surface area contributed by atoms with Crippen LogP contribution in [0.1, 0.15) is 43.1 Å². The standard InChI is InChI=1S/C16H19ClN4O3/c1-4-13(16-18-10(3)21-24-16)20-15(23)8-14(22)19-11-6-5-9(2)12(17)7-11/h5-7,13H,4,8H2,1-3H3,(H,19,22)(H,20,23)/t13-/m1/s1. The molecule has 24 heavy (non-hydrogen) atoms. The molecule has 1 atom stereocenters. The summed E-state index contributed by atoms with van der Waals surface area (Å²) < 4.78 is 5.05. The molecular formula is C16H19ClN4O3. The molecule has 1 aromatic heterocycles. The minimum absolute atomic E-state index is 0.310. The average molecular weight is 351 g/mol. The van der Waals surface area contributed by atoms with E-state index in [0.717, 1.165) is 5.56 Å². The van der Waals surface area contributed by atoms with E-state index in [4.69, 9.17) is 16.1 Å². The Morgan fingerprint density at radius 2 is 2.04 bits per heavy atom. The van der Waals surface area contributed by atoms with Gasteiger partial charge in [0.1, 0.15) is 12.5 Å². The monoisotopic (exact) mass is 350 g/mol. The molecule has 0 aliphatic rings. The van der Waals surface area contributed by atoms with E-state index in [-0.39, 0.29) is 6.42 Å². The van der Waals surface area contributed by atoms with Crippen LogP contribution in [0.15, 0.2) is 22.7 Å². The van der Waals surface area contributed by atoms with Crippen molar-refractivity contribution in [2.45, 2.75) is 39.7 Å². The highest BCUT2D eigenvalue weighted by Gasteiger charge is 2.20. The molecule has 0 saturated carbocycles. The van der Waals surface area contributed by atoms with Crippen molar-refractivity contribution in [2.24, 2.45) is 0 Å². The maximum atomic E-state index is 12.0. The molecule has 2 N–H and O–H groups in total. The summed E-state index contributed by atoms with van der Waals surface area (Å²) in [5.41, 5.74) is 1.45. The van der Waals surface area contributed by atoms with Crippen molar-refractivity contribution in [3.8, 4) is 0 Å². The van der Waals surface area contributed by atoms with E-state index < -0.39 is 17.9 Å². The molecule has 1 aromatic carbocycles. The summed E-state index contributed by atoms with van der Waals surface area (Å²) in [4.78, 5) is 28.1. The molecule has 0 aliphatic carbocycles. The van der Waals surface area contributed by atoms with Gasteiger partial charge in [0.2, 0.25) is 17.7 Å². The van der Waals surface area contributed by atoms with Gasteiger partial charge < -0.3 is 15.2 Å². The highest BCUT2D eigenvalue weighted by molar-refractivity contribution is 6.31. The number of amides is 2. The second-order valence-electron chi connectivity index (χ2n) is 5.40. The van der Waals surface area contributed by atoms with Crippen LogP contribution in [0, 0.1) is 13.8 Å². The second-order valence-corrected chi connectivity index (χ2v) is 5.80. The fraction of sp³-hybridized carbons (Fsp3) is 0.375. The zero-order chi connectivity index (χ0) is 17.7. The van der Waals surface area contributed by atoms with Gasteiger partial charge in [-0.2, -0.15) is 4.98 Å². The summed E-state index contributed by atoms with van der Waals surface area (Å²) in [6, 6.07) is 4.75. The molecule has 0 unspecified atom stereocenters. The lowest BCUT2D eigenvalue weighted by atomic mass is 10.2. The molecule has 0 saturated heterocycles. The van der Waals surface area contributed by atoms with Gasteiger partial charge in [-0.3, -0.25) is 9.59 Å². The van der Waals surface area contributed by atoms with Gasteiger partial charge in [0.25, 0.3) is 0 Å². The Balaban J connectivity index is 1.90. The zero-order valence-corrected chi connectivity index (χ0v) is 14.5. The molecule has 0 aliphatic heterocycles. The molecule has 0 bridgehead atoms. The van der Waals surface area contributed by atoms with E-state index in [1.165, 1.54) is 0 Å². The molecule has 0 radical (unpaired) electrons. The van der Waals surface area contributed by atoms with Crippen molar-refractivity contribution >= 4 is 29.1 Å².